The van der Waals surface area contributed by atoms with Crippen molar-refractivity contribution in [3.63, 3.8) is 0 Å². The van der Waals surface area contributed by atoms with Crippen molar-refractivity contribution in [1.82, 2.24) is 14.8 Å². The zero-order valence-electron chi connectivity index (χ0n) is 17.0. The van der Waals surface area contributed by atoms with Crippen LogP contribution < -0.4 is 14.8 Å². The first-order chi connectivity index (χ1) is 14.7. The number of hydrogen-bond acceptors (Lipinski definition) is 7. The minimum Gasteiger partial charge on any atom is -0.493 e. The molecule has 2 heterocycles. The molecule has 1 aromatic heterocycles. The lowest BCUT2D eigenvalue weighted by Crippen LogP contribution is -2.29. The lowest BCUT2D eigenvalue weighted by atomic mass is 9.92. The van der Waals surface area contributed by atoms with E-state index in [4.69, 9.17) is 14.2 Å². The number of nitrogens with zero attached hydrogens (tertiary/aromatic N) is 3. The maximum absolute atomic E-state index is 13.0. The van der Waals surface area contributed by atoms with E-state index in [1.807, 2.05) is 55.5 Å². The van der Waals surface area contributed by atoms with Gasteiger partial charge in [0.1, 0.15) is 12.4 Å². The molecule has 0 saturated carbocycles. The molecule has 0 amide bonds. The molecular formula is C22H22N4O4. The van der Waals surface area contributed by atoms with E-state index in [0.717, 1.165) is 11.1 Å². The second-order valence-electron chi connectivity index (χ2n) is 6.55. The summed E-state index contributed by atoms with van der Waals surface area (Å²) in [6.07, 6.45) is 1.45. The molecule has 30 heavy (non-hydrogen) atoms. The van der Waals surface area contributed by atoms with Gasteiger partial charge in [-0.3, -0.25) is 0 Å². The Kier molecular flexibility index (Phi) is 5.38. The van der Waals surface area contributed by atoms with E-state index < -0.39 is 12.0 Å². The molecule has 0 spiro atoms. The van der Waals surface area contributed by atoms with Gasteiger partial charge < -0.3 is 19.5 Å². The van der Waals surface area contributed by atoms with E-state index in [9.17, 15) is 4.79 Å². The van der Waals surface area contributed by atoms with Crippen LogP contribution in [-0.2, 0) is 9.53 Å². The molecule has 0 saturated heterocycles. The molecule has 3 aromatic rings. The standard InChI is InChI=1S/C22H22N4O4/c1-4-30-17-12-15(10-11-16(17)28-2)20-18(21(27)29-3)19(14-8-6-5-7-9-14)25-22-23-13-24-26(20)22/h5-13,20H,4H2,1-3H3,(H,23,24,25)/t20-/m0/s1. The molecule has 154 valence electrons. The Labute approximate surface area is 174 Å². The summed E-state index contributed by atoms with van der Waals surface area (Å²) in [6, 6.07) is 14.6. The van der Waals surface area contributed by atoms with Crippen molar-refractivity contribution >= 4 is 17.6 Å². The van der Waals surface area contributed by atoms with Crippen molar-refractivity contribution in [2.75, 3.05) is 26.1 Å². The van der Waals surface area contributed by atoms with Gasteiger partial charge in [0, 0.05) is 0 Å². The molecule has 1 aliphatic rings. The van der Waals surface area contributed by atoms with Crippen LogP contribution in [0, 0.1) is 0 Å². The third-order valence-corrected chi connectivity index (χ3v) is 4.87. The van der Waals surface area contributed by atoms with Crippen molar-refractivity contribution in [3.05, 3.63) is 71.6 Å². The fraction of sp³-hybridized carbons (Fsp3) is 0.227. The number of nitrogens with one attached hydrogen (secondary N) is 1. The van der Waals surface area contributed by atoms with Crippen molar-refractivity contribution < 1.29 is 19.0 Å². The lowest BCUT2D eigenvalue weighted by Gasteiger charge is -2.29. The van der Waals surface area contributed by atoms with E-state index in [1.165, 1.54) is 13.4 Å². The summed E-state index contributed by atoms with van der Waals surface area (Å²) in [6.45, 7) is 2.38. The summed E-state index contributed by atoms with van der Waals surface area (Å²) >= 11 is 0. The molecule has 0 radical (unpaired) electrons. The first-order valence-electron chi connectivity index (χ1n) is 9.53. The van der Waals surface area contributed by atoms with Gasteiger partial charge in [-0.2, -0.15) is 10.1 Å². The molecule has 0 aliphatic carbocycles. The second kappa shape index (κ2) is 8.28. The highest BCUT2D eigenvalue weighted by molar-refractivity contribution is 6.02. The lowest BCUT2D eigenvalue weighted by molar-refractivity contribution is -0.136. The van der Waals surface area contributed by atoms with Crippen LogP contribution in [-0.4, -0.2) is 41.6 Å². The van der Waals surface area contributed by atoms with Gasteiger partial charge in [-0.25, -0.2) is 9.48 Å². The summed E-state index contributed by atoms with van der Waals surface area (Å²) < 4.78 is 18.0. The highest BCUT2D eigenvalue weighted by Crippen LogP contribution is 2.41. The number of esters is 1. The van der Waals surface area contributed by atoms with Crippen LogP contribution in [0.2, 0.25) is 0 Å². The van der Waals surface area contributed by atoms with Crippen molar-refractivity contribution in [2.24, 2.45) is 0 Å². The van der Waals surface area contributed by atoms with Crippen LogP contribution >= 0.6 is 0 Å². The summed E-state index contributed by atoms with van der Waals surface area (Å²) in [5.74, 6) is 1.27. The fourth-order valence-corrected chi connectivity index (χ4v) is 3.56. The normalized spacial score (nSPS) is 15.2. The average Bonchev–Trinajstić information content (AvgIpc) is 3.26. The number of anilines is 1. The number of carbonyl (C=O) groups excluding carboxylic acids is 1. The molecule has 1 N–H and O–H groups in total. The first kappa shape index (κ1) is 19.5. The summed E-state index contributed by atoms with van der Waals surface area (Å²) in [7, 11) is 2.95. The molecule has 8 heteroatoms. The molecule has 0 fully saturated rings. The maximum Gasteiger partial charge on any atom is 0.338 e. The van der Waals surface area contributed by atoms with Gasteiger partial charge in [-0.1, -0.05) is 36.4 Å². The molecular weight excluding hydrogens is 384 g/mol. The van der Waals surface area contributed by atoms with Crippen LogP contribution in [0.1, 0.15) is 24.1 Å². The molecule has 4 rings (SSSR count). The van der Waals surface area contributed by atoms with Gasteiger partial charge >= 0.3 is 5.97 Å². The van der Waals surface area contributed by atoms with Gasteiger partial charge in [-0.15, -0.1) is 0 Å². The minimum atomic E-state index is -0.559. The first-order valence-corrected chi connectivity index (χ1v) is 9.53. The SMILES string of the molecule is CCOc1cc([C@H]2C(C(=O)OC)=C(c3ccccc3)Nc3ncnn32)ccc1OC. The summed E-state index contributed by atoms with van der Waals surface area (Å²) in [5.41, 5.74) is 2.69. The highest BCUT2D eigenvalue weighted by atomic mass is 16.5. The van der Waals surface area contributed by atoms with Gasteiger partial charge in [-0.05, 0) is 30.2 Å². The van der Waals surface area contributed by atoms with Crippen LogP contribution in [0.4, 0.5) is 5.95 Å². The number of rotatable bonds is 6. The van der Waals surface area contributed by atoms with Crippen LogP contribution in [0.25, 0.3) is 5.70 Å². The second-order valence-corrected chi connectivity index (χ2v) is 6.55. The van der Waals surface area contributed by atoms with Crippen molar-refractivity contribution in [2.45, 2.75) is 13.0 Å². The zero-order valence-corrected chi connectivity index (χ0v) is 17.0. The van der Waals surface area contributed by atoms with E-state index in [1.54, 1.807) is 11.8 Å². The number of carbonyl (C=O) groups is 1. The topological polar surface area (TPSA) is 87.5 Å². The summed E-state index contributed by atoms with van der Waals surface area (Å²) in [5, 5.41) is 7.59. The van der Waals surface area contributed by atoms with Gasteiger partial charge in [0.15, 0.2) is 11.5 Å². The van der Waals surface area contributed by atoms with E-state index >= 15 is 0 Å². The van der Waals surface area contributed by atoms with Gasteiger partial charge in [0.25, 0.3) is 0 Å². The Hall–Kier alpha value is -3.81. The molecule has 2 aromatic carbocycles. The van der Waals surface area contributed by atoms with Crippen molar-refractivity contribution in [1.29, 1.82) is 0 Å². The average molecular weight is 406 g/mol. The monoisotopic (exact) mass is 406 g/mol. The van der Waals surface area contributed by atoms with E-state index in [-0.39, 0.29) is 0 Å². The Morgan fingerprint density at radius 3 is 2.63 bits per heavy atom. The quantitative estimate of drug-likeness (QED) is 0.629. The largest absolute Gasteiger partial charge is 0.493 e. The van der Waals surface area contributed by atoms with Gasteiger partial charge in [0.2, 0.25) is 5.95 Å². The maximum atomic E-state index is 13.0. The predicted molar refractivity (Wildman–Crippen MR) is 111 cm³/mol. The molecule has 1 atom stereocenters. The van der Waals surface area contributed by atoms with Gasteiger partial charge in [0.05, 0.1) is 32.1 Å². The van der Waals surface area contributed by atoms with E-state index in [0.29, 0.717) is 35.3 Å². The molecule has 0 bridgehead atoms. The third-order valence-electron chi connectivity index (χ3n) is 4.87. The highest BCUT2D eigenvalue weighted by Gasteiger charge is 2.36. The smallest absolute Gasteiger partial charge is 0.338 e. The Morgan fingerprint density at radius 2 is 1.93 bits per heavy atom. The number of aromatic nitrogens is 3. The summed E-state index contributed by atoms with van der Waals surface area (Å²) in [4.78, 5) is 17.3. The molecule has 1 aliphatic heterocycles. The Balaban J connectivity index is 1.95. The fourth-order valence-electron chi connectivity index (χ4n) is 3.56. The van der Waals surface area contributed by atoms with E-state index in [2.05, 4.69) is 15.4 Å². The molecule has 8 nitrogen and oxygen atoms in total. The number of hydrogen-bond donors (Lipinski definition) is 1. The third kappa shape index (κ3) is 3.36. The molecule has 0 unspecified atom stereocenters. The predicted octanol–water partition coefficient (Wildman–Crippen LogP) is 3.28. The Bertz CT molecular complexity index is 1090. The van der Waals surface area contributed by atoms with Crippen molar-refractivity contribution in [3.8, 4) is 11.5 Å². The number of fused-ring (bicyclic) bond motifs is 1. The Morgan fingerprint density at radius 1 is 1.13 bits per heavy atom. The zero-order chi connectivity index (χ0) is 21.1. The van der Waals surface area contributed by atoms with Crippen LogP contribution in [0.3, 0.4) is 0 Å². The van der Waals surface area contributed by atoms with Crippen LogP contribution in [0.5, 0.6) is 11.5 Å². The number of benzene rings is 2. The van der Waals surface area contributed by atoms with Crippen LogP contribution in [0.15, 0.2) is 60.4 Å². The number of ether oxygens (including phenoxy) is 3. The minimum absolute atomic E-state index is 0.425. The number of methoxy groups -OCH3 is 2.